The molecule has 3 nitrogen and oxygen atoms in total. The summed E-state index contributed by atoms with van der Waals surface area (Å²) in [7, 11) is 1.68. The first kappa shape index (κ1) is 12.7. The highest BCUT2D eigenvalue weighted by molar-refractivity contribution is 5.28. The molecule has 0 saturated heterocycles. The molecule has 2 rings (SSSR count). The number of rotatable bonds is 5. The SMILES string of the molecule is COc1ccc([C@H](C)NCc2occc2C)cc1. The van der Waals surface area contributed by atoms with Gasteiger partial charge in [-0.2, -0.15) is 0 Å². The van der Waals surface area contributed by atoms with Gasteiger partial charge in [0, 0.05) is 6.04 Å². The fourth-order valence-electron chi connectivity index (χ4n) is 1.84. The third kappa shape index (κ3) is 2.93. The van der Waals surface area contributed by atoms with E-state index in [0.29, 0.717) is 0 Å². The monoisotopic (exact) mass is 245 g/mol. The molecule has 0 bridgehead atoms. The van der Waals surface area contributed by atoms with Crippen molar-refractivity contribution in [2.24, 2.45) is 0 Å². The molecule has 0 amide bonds. The lowest BCUT2D eigenvalue weighted by Gasteiger charge is -2.14. The van der Waals surface area contributed by atoms with Crippen LogP contribution in [-0.4, -0.2) is 7.11 Å². The number of hydrogen-bond donors (Lipinski definition) is 1. The van der Waals surface area contributed by atoms with Crippen molar-refractivity contribution >= 4 is 0 Å². The van der Waals surface area contributed by atoms with Crippen LogP contribution >= 0.6 is 0 Å². The topological polar surface area (TPSA) is 34.4 Å². The molecule has 0 saturated carbocycles. The average molecular weight is 245 g/mol. The van der Waals surface area contributed by atoms with Gasteiger partial charge in [-0.05, 0) is 43.2 Å². The Kier molecular flexibility index (Phi) is 4.05. The van der Waals surface area contributed by atoms with Gasteiger partial charge in [0.05, 0.1) is 19.9 Å². The lowest BCUT2D eigenvalue weighted by Crippen LogP contribution is -2.18. The second kappa shape index (κ2) is 5.74. The summed E-state index contributed by atoms with van der Waals surface area (Å²) in [5, 5.41) is 3.45. The molecule has 1 atom stereocenters. The van der Waals surface area contributed by atoms with Crippen LogP contribution in [0.1, 0.15) is 29.9 Å². The number of furan rings is 1. The van der Waals surface area contributed by atoms with Crippen LogP contribution in [0, 0.1) is 6.92 Å². The van der Waals surface area contributed by atoms with E-state index in [1.807, 2.05) is 18.2 Å². The van der Waals surface area contributed by atoms with Gasteiger partial charge in [-0.3, -0.25) is 0 Å². The third-order valence-corrected chi connectivity index (χ3v) is 3.15. The van der Waals surface area contributed by atoms with Crippen molar-refractivity contribution in [2.45, 2.75) is 26.4 Å². The first-order valence-electron chi connectivity index (χ1n) is 6.11. The number of ether oxygens (including phenoxy) is 1. The molecule has 0 spiro atoms. The molecule has 1 heterocycles. The number of hydrogen-bond acceptors (Lipinski definition) is 3. The zero-order valence-electron chi connectivity index (χ0n) is 11.1. The highest BCUT2D eigenvalue weighted by atomic mass is 16.5. The van der Waals surface area contributed by atoms with Gasteiger partial charge >= 0.3 is 0 Å². The highest BCUT2D eigenvalue weighted by Gasteiger charge is 2.07. The van der Waals surface area contributed by atoms with Gasteiger partial charge in [0.2, 0.25) is 0 Å². The number of aryl methyl sites for hydroxylation is 1. The molecule has 1 aromatic carbocycles. The third-order valence-electron chi connectivity index (χ3n) is 3.15. The minimum atomic E-state index is 0.278. The van der Waals surface area contributed by atoms with E-state index in [4.69, 9.17) is 9.15 Å². The van der Waals surface area contributed by atoms with Gasteiger partial charge in [0.1, 0.15) is 11.5 Å². The molecule has 2 aromatic rings. The normalized spacial score (nSPS) is 12.4. The van der Waals surface area contributed by atoms with E-state index in [1.54, 1.807) is 13.4 Å². The van der Waals surface area contributed by atoms with Gasteiger partial charge in [0.25, 0.3) is 0 Å². The van der Waals surface area contributed by atoms with Crippen LogP contribution in [0.2, 0.25) is 0 Å². The number of nitrogens with one attached hydrogen (secondary N) is 1. The summed E-state index contributed by atoms with van der Waals surface area (Å²) in [6, 6.07) is 10.4. The maximum absolute atomic E-state index is 5.40. The molecule has 0 radical (unpaired) electrons. The molecule has 18 heavy (non-hydrogen) atoms. The van der Waals surface area contributed by atoms with E-state index < -0.39 is 0 Å². The van der Waals surface area contributed by atoms with Crippen molar-refractivity contribution in [1.29, 1.82) is 0 Å². The van der Waals surface area contributed by atoms with Gasteiger partial charge in [0.15, 0.2) is 0 Å². The lowest BCUT2D eigenvalue weighted by atomic mass is 10.1. The first-order chi connectivity index (χ1) is 8.70. The number of benzene rings is 1. The Labute approximate surface area is 108 Å². The van der Waals surface area contributed by atoms with E-state index in [0.717, 1.165) is 18.1 Å². The van der Waals surface area contributed by atoms with Crippen LogP contribution in [0.15, 0.2) is 41.0 Å². The van der Waals surface area contributed by atoms with Gasteiger partial charge in [-0.15, -0.1) is 0 Å². The van der Waals surface area contributed by atoms with E-state index in [2.05, 4.69) is 31.3 Å². The Hall–Kier alpha value is -1.74. The first-order valence-corrected chi connectivity index (χ1v) is 6.11. The molecule has 0 unspecified atom stereocenters. The molecule has 0 aliphatic carbocycles. The van der Waals surface area contributed by atoms with Crippen LogP contribution < -0.4 is 10.1 Å². The summed E-state index contributed by atoms with van der Waals surface area (Å²) < 4.78 is 10.6. The number of methoxy groups -OCH3 is 1. The summed E-state index contributed by atoms with van der Waals surface area (Å²) in [4.78, 5) is 0. The molecular weight excluding hydrogens is 226 g/mol. The summed E-state index contributed by atoms with van der Waals surface area (Å²) in [5.41, 5.74) is 2.42. The maximum atomic E-state index is 5.40. The molecule has 3 heteroatoms. The second-order valence-corrected chi connectivity index (χ2v) is 4.40. The van der Waals surface area contributed by atoms with Crippen molar-refractivity contribution < 1.29 is 9.15 Å². The molecule has 0 aliphatic rings. The summed E-state index contributed by atoms with van der Waals surface area (Å²) in [6.07, 6.45) is 1.73. The quantitative estimate of drug-likeness (QED) is 0.876. The van der Waals surface area contributed by atoms with Gasteiger partial charge in [-0.1, -0.05) is 12.1 Å². The Bertz CT molecular complexity index is 487. The molecule has 0 fully saturated rings. The molecule has 96 valence electrons. The fraction of sp³-hybridized carbons (Fsp3) is 0.333. The molecular formula is C15H19NO2. The van der Waals surface area contributed by atoms with Gasteiger partial charge < -0.3 is 14.5 Å². The van der Waals surface area contributed by atoms with E-state index in [1.165, 1.54) is 11.1 Å². The minimum absolute atomic E-state index is 0.278. The average Bonchev–Trinajstić information content (AvgIpc) is 2.81. The van der Waals surface area contributed by atoms with Crippen LogP contribution in [-0.2, 0) is 6.54 Å². The van der Waals surface area contributed by atoms with Crippen LogP contribution in [0.25, 0.3) is 0 Å². The molecule has 0 aliphatic heterocycles. The predicted molar refractivity (Wildman–Crippen MR) is 71.7 cm³/mol. The summed E-state index contributed by atoms with van der Waals surface area (Å²) >= 11 is 0. The lowest BCUT2D eigenvalue weighted by molar-refractivity contribution is 0.414. The van der Waals surface area contributed by atoms with Crippen LogP contribution in [0.3, 0.4) is 0 Å². The van der Waals surface area contributed by atoms with Crippen molar-refractivity contribution in [2.75, 3.05) is 7.11 Å². The van der Waals surface area contributed by atoms with Crippen molar-refractivity contribution in [1.82, 2.24) is 5.32 Å². The Balaban J connectivity index is 1.94. The molecule has 1 aromatic heterocycles. The predicted octanol–water partition coefficient (Wildman–Crippen LogP) is 3.45. The van der Waals surface area contributed by atoms with Crippen molar-refractivity contribution in [3.63, 3.8) is 0 Å². The van der Waals surface area contributed by atoms with Gasteiger partial charge in [-0.25, -0.2) is 0 Å². The Morgan fingerprint density at radius 3 is 2.50 bits per heavy atom. The zero-order chi connectivity index (χ0) is 13.0. The second-order valence-electron chi connectivity index (χ2n) is 4.40. The van der Waals surface area contributed by atoms with E-state index >= 15 is 0 Å². The highest BCUT2D eigenvalue weighted by Crippen LogP contribution is 2.18. The smallest absolute Gasteiger partial charge is 0.120 e. The van der Waals surface area contributed by atoms with Crippen LogP contribution in [0.4, 0.5) is 0 Å². The Morgan fingerprint density at radius 2 is 1.94 bits per heavy atom. The standard InChI is InChI=1S/C15H19NO2/c1-11-8-9-18-15(11)10-16-12(2)13-4-6-14(17-3)7-5-13/h4-9,12,16H,10H2,1-3H3/t12-/m0/s1. The summed E-state index contributed by atoms with van der Waals surface area (Å²) in [6.45, 7) is 4.94. The van der Waals surface area contributed by atoms with E-state index in [-0.39, 0.29) is 6.04 Å². The van der Waals surface area contributed by atoms with E-state index in [9.17, 15) is 0 Å². The summed E-state index contributed by atoms with van der Waals surface area (Å²) in [5.74, 6) is 1.88. The zero-order valence-corrected chi connectivity index (χ0v) is 11.1. The van der Waals surface area contributed by atoms with Crippen LogP contribution in [0.5, 0.6) is 5.75 Å². The minimum Gasteiger partial charge on any atom is -0.497 e. The fourth-order valence-corrected chi connectivity index (χ4v) is 1.84. The Morgan fingerprint density at radius 1 is 1.22 bits per heavy atom. The molecule has 1 N–H and O–H groups in total. The van der Waals surface area contributed by atoms with Crippen molar-refractivity contribution in [3.8, 4) is 5.75 Å². The largest absolute Gasteiger partial charge is 0.497 e. The maximum Gasteiger partial charge on any atom is 0.120 e. The van der Waals surface area contributed by atoms with Crippen molar-refractivity contribution in [3.05, 3.63) is 53.5 Å².